The normalized spacial score (nSPS) is 12.9. The summed E-state index contributed by atoms with van der Waals surface area (Å²) in [6, 6.07) is 11.9. The molecule has 2 aromatic carbocycles. The molecule has 2 N–H and O–H groups in total. The summed E-state index contributed by atoms with van der Waals surface area (Å²) >= 11 is 9.20. The van der Waals surface area contributed by atoms with Gasteiger partial charge in [-0.1, -0.05) is 39.7 Å². The van der Waals surface area contributed by atoms with Crippen LogP contribution in [0, 0.1) is 0 Å². The standard InChI is InChI=1S/C19H17BrClN3O3/c20-13-5-6-15-16(10-13)18(26)24(17(15)25)8-2-7-22-19(27)23-11-12-3-1-4-14(21)9-12/h1,3-6,9-10H,2,7-8,11H2,(H2,22,23,27). The van der Waals surface area contributed by atoms with Crippen LogP contribution in [0.15, 0.2) is 46.9 Å². The molecule has 0 aromatic heterocycles. The Morgan fingerprint density at radius 2 is 1.81 bits per heavy atom. The van der Waals surface area contributed by atoms with Crippen LogP contribution in [-0.4, -0.2) is 35.8 Å². The van der Waals surface area contributed by atoms with E-state index >= 15 is 0 Å². The van der Waals surface area contributed by atoms with Gasteiger partial charge < -0.3 is 10.6 Å². The number of benzene rings is 2. The Bertz CT molecular complexity index is 904. The monoisotopic (exact) mass is 449 g/mol. The predicted molar refractivity (Wildman–Crippen MR) is 106 cm³/mol. The van der Waals surface area contributed by atoms with E-state index in [0.29, 0.717) is 35.7 Å². The molecule has 140 valence electrons. The van der Waals surface area contributed by atoms with E-state index in [2.05, 4.69) is 26.6 Å². The summed E-state index contributed by atoms with van der Waals surface area (Å²) in [5.74, 6) is -0.602. The van der Waals surface area contributed by atoms with E-state index in [0.717, 1.165) is 10.0 Å². The zero-order valence-corrected chi connectivity index (χ0v) is 16.6. The third kappa shape index (κ3) is 4.67. The summed E-state index contributed by atoms with van der Waals surface area (Å²) in [5, 5.41) is 6.06. The Labute approximate surface area is 170 Å². The van der Waals surface area contributed by atoms with Crippen LogP contribution in [0.5, 0.6) is 0 Å². The second-order valence-electron chi connectivity index (χ2n) is 6.04. The van der Waals surface area contributed by atoms with Crippen molar-refractivity contribution in [3.05, 3.63) is 68.7 Å². The van der Waals surface area contributed by atoms with Gasteiger partial charge in [0.1, 0.15) is 0 Å². The van der Waals surface area contributed by atoms with Gasteiger partial charge in [0.15, 0.2) is 0 Å². The molecule has 1 aliphatic rings. The molecule has 0 saturated carbocycles. The lowest BCUT2D eigenvalue weighted by atomic mass is 10.1. The summed E-state index contributed by atoms with van der Waals surface area (Å²) in [4.78, 5) is 37.7. The summed E-state index contributed by atoms with van der Waals surface area (Å²) in [6.07, 6.45) is 0.469. The molecule has 0 atom stereocenters. The van der Waals surface area contributed by atoms with Gasteiger partial charge in [0, 0.05) is 29.1 Å². The number of hydrogen-bond acceptors (Lipinski definition) is 3. The number of halogens is 2. The summed E-state index contributed by atoms with van der Waals surface area (Å²) < 4.78 is 0.752. The van der Waals surface area contributed by atoms with Gasteiger partial charge in [0.2, 0.25) is 0 Å². The highest BCUT2D eigenvalue weighted by Crippen LogP contribution is 2.25. The largest absolute Gasteiger partial charge is 0.338 e. The lowest BCUT2D eigenvalue weighted by Gasteiger charge is -2.14. The molecule has 1 aliphatic heterocycles. The van der Waals surface area contributed by atoms with Crippen molar-refractivity contribution in [2.75, 3.05) is 13.1 Å². The summed E-state index contributed by atoms with van der Waals surface area (Å²) in [5.41, 5.74) is 1.71. The van der Waals surface area contributed by atoms with E-state index in [-0.39, 0.29) is 24.4 Å². The van der Waals surface area contributed by atoms with Gasteiger partial charge in [-0.05, 0) is 42.3 Å². The zero-order chi connectivity index (χ0) is 19.4. The number of nitrogens with zero attached hydrogens (tertiary/aromatic N) is 1. The number of carbonyl (C=O) groups excluding carboxylic acids is 3. The fourth-order valence-electron chi connectivity index (χ4n) is 2.80. The molecule has 0 spiro atoms. The van der Waals surface area contributed by atoms with Gasteiger partial charge in [-0.15, -0.1) is 0 Å². The van der Waals surface area contributed by atoms with Gasteiger partial charge in [-0.2, -0.15) is 0 Å². The third-order valence-corrected chi connectivity index (χ3v) is 4.85. The average molecular weight is 451 g/mol. The second kappa shape index (κ2) is 8.54. The van der Waals surface area contributed by atoms with E-state index in [4.69, 9.17) is 11.6 Å². The maximum Gasteiger partial charge on any atom is 0.315 e. The van der Waals surface area contributed by atoms with E-state index in [1.165, 1.54) is 4.90 Å². The smallest absolute Gasteiger partial charge is 0.315 e. The topological polar surface area (TPSA) is 78.5 Å². The van der Waals surface area contributed by atoms with Crippen LogP contribution in [0.4, 0.5) is 4.79 Å². The Balaban J connectivity index is 1.42. The van der Waals surface area contributed by atoms with Crippen LogP contribution < -0.4 is 10.6 Å². The van der Waals surface area contributed by atoms with Crippen LogP contribution in [0.2, 0.25) is 5.02 Å². The highest BCUT2D eigenvalue weighted by molar-refractivity contribution is 9.10. The lowest BCUT2D eigenvalue weighted by molar-refractivity contribution is 0.0653. The van der Waals surface area contributed by atoms with Crippen molar-refractivity contribution in [1.82, 2.24) is 15.5 Å². The van der Waals surface area contributed by atoms with Gasteiger partial charge in [0.05, 0.1) is 11.1 Å². The molecule has 0 aliphatic carbocycles. The molecule has 0 bridgehead atoms. The van der Waals surface area contributed by atoms with Gasteiger partial charge >= 0.3 is 6.03 Å². The maximum atomic E-state index is 12.3. The highest BCUT2D eigenvalue weighted by atomic mass is 79.9. The summed E-state index contributed by atoms with van der Waals surface area (Å²) in [6.45, 7) is 0.955. The fraction of sp³-hybridized carbons (Fsp3) is 0.211. The second-order valence-corrected chi connectivity index (χ2v) is 7.40. The number of fused-ring (bicyclic) bond motifs is 1. The average Bonchev–Trinajstić information content (AvgIpc) is 2.87. The minimum atomic E-state index is -0.318. The zero-order valence-electron chi connectivity index (χ0n) is 14.3. The minimum Gasteiger partial charge on any atom is -0.338 e. The van der Waals surface area contributed by atoms with Gasteiger partial charge in [-0.3, -0.25) is 14.5 Å². The SMILES string of the molecule is O=C(NCCCN1C(=O)c2ccc(Br)cc2C1=O)NCc1cccc(Cl)c1. The molecule has 0 saturated heterocycles. The van der Waals surface area contributed by atoms with Crippen LogP contribution in [0.1, 0.15) is 32.7 Å². The van der Waals surface area contributed by atoms with E-state index in [1.54, 1.807) is 30.3 Å². The molecule has 0 unspecified atom stereocenters. The van der Waals surface area contributed by atoms with Crippen molar-refractivity contribution >= 4 is 45.4 Å². The van der Waals surface area contributed by atoms with E-state index < -0.39 is 0 Å². The highest BCUT2D eigenvalue weighted by Gasteiger charge is 2.34. The van der Waals surface area contributed by atoms with Crippen LogP contribution in [0.3, 0.4) is 0 Å². The molecule has 3 rings (SSSR count). The maximum absolute atomic E-state index is 12.3. The molecule has 6 nitrogen and oxygen atoms in total. The van der Waals surface area contributed by atoms with Crippen molar-refractivity contribution in [3.63, 3.8) is 0 Å². The Morgan fingerprint density at radius 1 is 1.04 bits per heavy atom. The number of urea groups is 1. The molecule has 4 amide bonds. The first kappa shape index (κ1) is 19.4. The van der Waals surface area contributed by atoms with Crippen LogP contribution >= 0.6 is 27.5 Å². The third-order valence-electron chi connectivity index (χ3n) is 4.12. The first-order chi connectivity index (χ1) is 13.0. The number of hydrogen-bond donors (Lipinski definition) is 2. The first-order valence-corrected chi connectivity index (χ1v) is 9.54. The van der Waals surface area contributed by atoms with Gasteiger partial charge in [-0.25, -0.2) is 4.79 Å². The summed E-state index contributed by atoms with van der Waals surface area (Å²) in [7, 11) is 0. The van der Waals surface area contributed by atoms with Crippen LogP contribution in [0.25, 0.3) is 0 Å². The number of carbonyl (C=O) groups is 3. The number of rotatable bonds is 6. The Morgan fingerprint density at radius 3 is 2.59 bits per heavy atom. The van der Waals surface area contributed by atoms with Gasteiger partial charge in [0.25, 0.3) is 11.8 Å². The molecule has 0 fully saturated rings. The minimum absolute atomic E-state index is 0.249. The van der Waals surface area contributed by atoms with Crippen molar-refractivity contribution in [1.29, 1.82) is 0 Å². The molecular formula is C19H17BrClN3O3. The van der Waals surface area contributed by atoms with E-state index in [1.807, 2.05) is 12.1 Å². The van der Waals surface area contributed by atoms with Crippen molar-refractivity contribution in [2.45, 2.75) is 13.0 Å². The molecule has 8 heteroatoms. The molecule has 0 radical (unpaired) electrons. The predicted octanol–water partition coefficient (Wildman–Crippen LogP) is 3.59. The molecular weight excluding hydrogens is 434 g/mol. The fourth-order valence-corrected chi connectivity index (χ4v) is 3.37. The van der Waals surface area contributed by atoms with Crippen LogP contribution in [-0.2, 0) is 6.54 Å². The number of nitrogens with one attached hydrogen (secondary N) is 2. The van der Waals surface area contributed by atoms with Crippen molar-refractivity contribution < 1.29 is 14.4 Å². The Hall–Kier alpha value is -2.38. The Kier molecular flexibility index (Phi) is 6.13. The number of amides is 4. The molecule has 1 heterocycles. The first-order valence-electron chi connectivity index (χ1n) is 8.37. The van der Waals surface area contributed by atoms with E-state index in [9.17, 15) is 14.4 Å². The molecule has 2 aromatic rings. The lowest BCUT2D eigenvalue weighted by Crippen LogP contribution is -2.37. The van der Waals surface area contributed by atoms with Crippen molar-refractivity contribution in [3.8, 4) is 0 Å². The molecule has 27 heavy (non-hydrogen) atoms. The quantitative estimate of drug-likeness (QED) is 0.521. The number of imide groups is 1. The van der Waals surface area contributed by atoms with Crippen molar-refractivity contribution in [2.24, 2.45) is 0 Å².